The minimum Gasteiger partial charge on any atom is -0.383 e. The summed E-state index contributed by atoms with van der Waals surface area (Å²) in [6.07, 6.45) is 7.24. The van der Waals surface area contributed by atoms with Crippen molar-refractivity contribution in [2.75, 3.05) is 12.0 Å². The van der Waals surface area contributed by atoms with Gasteiger partial charge in [0.05, 0.1) is 17.6 Å². The van der Waals surface area contributed by atoms with Gasteiger partial charge < -0.3 is 10.3 Å². The summed E-state index contributed by atoms with van der Waals surface area (Å²) in [6, 6.07) is 14.5. The quantitative estimate of drug-likeness (QED) is 0.394. The second-order valence-corrected chi connectivity index (χ2v) is 8.23. The van der Waals surface area contributed by atoms with E-state index in [4.69, 9.17) is 5.73 Å². The third-order valence-electron chi connectivity index (χ3n) is 5.50. The summed E-state index contributed by atoms with van der Waals surface area (Å²) in [5.41, 5.74) is 9.94. The van der Waals surface area contributed by atoms with Crippen molar-refractivity contribution in [1.29, 1.82) is 0 Å². The Labute approximate surface area is 188 Å². The van der Waals surface area contributed by atoms with Gasteiger partial charge in [0, 0.05) is 16.7 Å². The van der Waals surface area contributed by atoms with Crippen molar-refractivity contribution in [3.05, 3.63) is 78.8 Å². The zero-order chi connectivity index (χ0) is 22.2. The molecule has 5 rings (SSSR count). The predicted octanol–water partition coefficient (Wildman–Crippen LogP) is 4.73. The number of fused-ring (bicyclic) bond motifs is 1. The van der Waals surface area contributed by atoms with Crippen molar-refractivity contribution < 1.29 is 4.39 Å². The van der Waals surface area contributed by atoms with Crippen LogP contribution in [0.3, 0.4) is 0 Å². The van der Waals surface area contributed by atoms with E-state index in [-0.39, 0.29) is 11.9 Å². The fourth-order valence-electron chi connectivity index (χ4n) is 3.76. The van der Waals surface area contributed by atoms with Gasteiger partial charge in [-0.3, -0.25) is 0 Å². The monoisotopic (exact) mass is 445 g/mol. The molecule has 0 saturated heterocycles. The summed E-state index contributed by atoms with van der Waals surface area (Å²) >= 11 is 1.69. The van der Waals surface area contributed by atoms with Crippen LogP contribution in [0.15, 0.2) is 72.1 Å². The van der Waals surface area contributed by atoms with E-state index in [1.807, 2.05) is 23.9 Å². The first kappa shape index (κ1) is 20.2. The predicted molar refractivity (Wildman–Crippen MR) is 124 cm³/mol. The number of benzene rings is 2. The van der Waals surface area contributed by atoms with Crippen LogP contribution >= 0.6 is 11.8 Å². The number of hydrogen-bond donors (Lipinski definition) is 1. The number of anilines is 1. The van der Waals surface area contributed by atoms with Gasteiger partial charge in [0.1, 0.15) is 35.0 Å². The smallest absolute Gasteiger partial charge is 0.148 e. The number of thioether (sulfide) groups is 1. The largest absolute Gasteiger partial charge is 0.383 e. The lowest BCUT2D eigenvalue weighted by Crippen LogP contribution is -2.07. The summed E-state index contributed by atoms with van der Waals surface area (Å²) in [6.45, 7) is 1.99. The molecule has 1 atom stereocenters. The SMILES string of the molecule is CSc1ccc(-c2cn(C(C)c3cn(-c4ccccc4F)nn3)c3ncnc(N)c23)cc1. The van der Waals surface area contributed by atoms with Crippen molar-refractivity contribution in [3.63, 3.8) is 0 Å². The molecule has 0 radical (unpaired) electrons. The van der Waals surface area contributed by atoms with E-state index in [0.717, 1.165) is 16.5 Å². The molecule has 9 heteroatoms. The Balaban J connectivity index is 1.60. The van der Waals surface area contributed by atoms with Crippen LogP contribution in [0.1, 0.15) is 18.7 Å². The maximum atomic E-state index is 14.2. The molecular weight excluding hydrogens is 425 g/mol. The van der Waals surface area contributed by atoms with E-state index >= 15 is 0 Å². The van der Waals surface area contributed by atoms with Gasteiger partial charge >= 0.3 is 0 Å². The average Bonchev–Trinajstić information content (AvgIpc) is 3.45. The van der Waals surface area contributed by atoms with Crippen LogP contribution in [0.2, 0.25) is 0 Å². The number of halogens is 1. The van der Waals surface area contributed by atoms with Gasteiger partial charge in [-0.05, 0) is 43.0 Å². The van der Waals surface area contributed by atoms with E-state index in [1.165, 1.54) is 22.0 Å². The van der Waals surface area contributed by atoms with Gasteiger partial charge in [-0.1, -0.05) is 29.5 Å². The van der Waals surface area contributed by atoms with Crippen LogP contribution in [0, 0.1) is 5.82 Å². The van der Waals surface area contributed by atoms with Crippen LogP contribution in [-0.2, 0) is 0 Å². The van der Waals surface area contributed by atoms with E-state index in [1.54, 1.807) is 36.2 Å². The molecule has 0 aliphatic rings. The molecule has 1 unspecified atom stereocenters. The van der Waals surface area contributed by atoms with Gasteiger partial charge in [-0.15, -0.1) is 16.9 Å². The first-order chi connectivity index (χ1) is 15.6. The highest BCUT2D eigenvalue weighted by Gasteiger charge is 2.21. The molecule has 0 bridgehead atoms. The van der Waals surface area contributed by atoms with Crippen molar-refractivity contribution in [3.8, 4) is 16.8 Å². The molecule has 0 spiro atoms. The van der Waals surface area contributed by atoms with Gasteiger partial charge in [0.2, 0.25) is 0 Å². The summed E-state index contributed by atoms with van der Waals surface area (Å²) in [4.78, 5) is 9.88. The molecule has 0 saturated carbocycles. The van der Waals surface area contributed by atoms with E-state index in [9.17, 15) is 4.39 Å². The van der Waals surface area contributed by atoms with Crippen LogP contribution < -0.4 is 5.73 Å². The standard InChI is InChI=1S/C23H20FN7S/c1-14(19-12-31(29-28-19)20-6-4-3-5-18(20)24)30-11-17(15-7-9-16(32-2)10-8-15)21-22(25)26-13-27-23(21)30/h3-14H,1-2H3,(H2,25,26,27). The Morgan fingerprint density at radius 3 is 2.56 bits per heavy atom. The fraction of sp³-hybridized carbons (Fsp3) is 0.130. The highest BCUT2D eigenvalue weighted by molar-refractivity contribution is 7.98. The minimum atomic E-state index is -0.362. The number of aromatic nitrogens is 6. The van der Waals surface area contributed by atoms with E-state index in [2.05, 4.69) is 44.5 Å². The Morgan fingerprint density at radius 1 is 1.03 bits per heavy atom. The number of rotatable bonds is 5. The molecule has 3 heterocycles. The first-order valence-electron chi connectivity index (χ1n) is 9.99. The van der Waals surface area contributed by atoms with Crippen LogP contribution in [0.25, 0.3) is 27.8 Å². The molecule has 2 N–H and O–H groups in total. The summed E-state index contributed by atoms with van der Waals surface area (Å²) in [5, 5.41) is 9.21. The summed E-state index contributed by atoms with van der Waals surface area (Å²) in [5.74, 6) is 0.0550. The molecule has 0 fully saturated rings. The Hall–Kier alpha value is -3.72. The highest BCUT2D eigenvalue weighted by Crippen LogP contribution is 2.36. The number of nitrogens with zero attached hydrogens (tertiary/aromatic N) is 6. The van der Waals surface area contributed by atoms with Crippen molar-refractivity contribution >= 4 is 28.6 Å². The van der Waals surface area contributed by atoms with Crippen LogP contribution in [-0.4, -0.2) is 35.8 Å². The molecule has 2 aromatic carbocycles. The number of nitrogen functional groups attached to an aromatic ring is 1. The first-order valence-corrected chi connectivity index (χ1v) is 11.2. The van der Waals surface area contributed by atoms with Crippen molar-refractivity contribution in [2.24, 2.45) is 0 Å². The van der Waals surface area contributed by atoms with Crippen LogP contribution in [0.5, 0.6) is 0 Å². The lowest BCUT2D eigenvalue weighted by molar-refractivity contribution is 0.607. The molecule has 160 valence electrons. The molecular formula is C23H20FN7S. The molecule has 0 aliphatic carbocycles. The third kappa shape index (κ3) is 3.40. The number of hydrogen-bond acceptors (Lipinski definition) is 6. The average molecular weight is 446 g/mol. The second-order valence-electron chi connectivity index (χ2n) is 7.35. The van der Waals surface area contributed by atoms with Gasteiger partial charge in [-0.25, -0.2) is 19.0 Å². The zero-order valence-electron chi connectivity index (χ0n) is 17.5. The fourth-order valence-corrected chi connectivity index (χ4v) is 4.17. The highest BCUT2D eigenvalue weighted by atomic mass is 32.2. The molecule has 5 aromatic rings. The number of nitrogens with two attached hydrogens (primary N) is 1. The topological polar surface area (TPSA) is 87.4 Å². The third-order valence-corrected chi connectivity index (χ3v) is 6.24. The molecule has 3 aromatic heterocycles. The maximum Gasteiger partial charge on any atom is 0.148 e. The summed E-state index contributed by atoms with van der Waals surface area (Å²) < 4.78 is 17.6. The lowest BCUT2D eigenvalue weighted by atomic mass is 10.1. The lowest BCUT2D eigenvalue weighted by Gasteiger charge is -2.11. The van der Waals surface area contributed by atoms with Crippen molar-refractivity contribution in [1.82, 2.24) is 29.5 Å². The molecule has 7 nitrogen and oxygen atoms in total. The van der Waals surface area contributed by atoms with E-state index < -0.39 is 0 Å². The Bertz CT molecular complexity index is 1410. The zero-order valence-corrected chi connectivity index (χ0v) is 18.3. The molecule has 0 amide bonds. The van der Waals surface area contributed by atoms with E-state index in [0.29, 0.717) is 22.8 Å². The Kier molecular flexibility index (Phi) is 5.10. The normalized spacial score (nSPS) is 12.3. The van der Waals surface area contributed by atoms with Gasteiger partial charge in [0.25, 0.3) is 0 Å². The Morgan fingerprint density at radius 2 is 1.81 bits per heavy atom. The second kappa shape index (κ2) is 8.08. The molecule has 0 aliphatic heterocycles. The van der Waals surface area contributed by atoms with Gasteiger partial charge in [-0.2, -0.15) is 0 Å². The maximum absolute atomic E-state index is 14.2. The van der Waals surface area contributed by atoms with Gasteiger partial charge in [0.15, 0.2) is 0 Å². The minimum absolute atomic E-state index is 0.216. The van der Waals surface area contributed by atoms with Crippen molar-refractivity contribution in [2.45, 2.75) is 17.9 Å². The van der Waals surface area contributed by atoms with Crippen LogP contribution in [0.4, 0.5) is 10.2 Å². The summed E-state index contributed by atoms with van der Waals surface area (Å²) in [7, 11) is 0. The number of para-hydroxylation sites is 1. The molecule has 32 heavy (non-hydrogen) atoms.